The molecule has 1 aliphatic heterocycles. The van der Waals surface area contributed by atoms with Crippen molar-refractivity contribution in [1.29, 1.82) is 0 Å². The van der Waals surface area contributed by atoms with Crippen LogP contribution in [-0.2, 0) is 33.4 Å². The van der Waals surface area contributed by atoms with Crippen LogP contribution in [0.5, 0.6) is 0 Å². The lowest BCUT2D eigenvalue weighted by Crippen LogP contribution is -2.14. The van der Waals surface area contributed by atoms with Crippen molar-refractivity contribution in [3.8, 4) is 0 Å². The Morgan fingerprint density at radius 2 is 1.84 bits per heavy atom. The molecule has 3 rings (SSSR count). The molecule has 4 atom stereocenters. The van der Waals surface area contributed by atoms with Gasteiger partial charge in [0.1, 0.15) is 0 Å². The SMILES string of the molecule is Nc1nc2c(ncn2C[C@H]2CC[C@@H](COP(=O)(O)OP(=O)(O)OP(=O)(O)O)S2)c(=O)[nH]1. The largest absolute Gasteiger partial charge is 0.490 e. The zero-order valence-electron chi connectivity index (χ0n) is 15.4. The van der Waals surface area contributed by atoms with E-state index in [4.69, 9.17) is 20.4 Å². The van der Waals surface area contributed by atoms with Crippen LogP contribution in [-0.4, -0.2) is 56.2 Å². The Hall–Kier alpha value is -1.09. The summed E-state index contributed by atoms with van der Waals surface area (Å²) in [5.74, 6) is -0.0489. The summed E-state index contributed by atoms with van der Waals surface area (Å²) in [6, 6.07) is 0. The van der Waals surface area contributed by atoms with Crippen LogP contribution in [0, 0.1) is 0 Å². The Bertz CT molecular complexity index is 1160. The molecule has 0 saturated carbocycles. The van der Waals surface area contributed by atoms with E-state index in [-0.39, 0.29) is 28.6 Å². The summed E-state index contributed by atoms with van der Waals surface area (Å²) in [6.45, 7) is 0.0726. The van der Waals surface area contributed by atoms with Gasteiger partial charge < -0.3 is 29.9 Å². The maximum Gasteiger partial charge on any atom is 0.490 e. The Morgan fingerprint density at radius 1 is 1.16 bits per heavy atom. The Balaban J connectivity index is 1.55. The van der Waals surface area contributed by atoms with Gasteiger partial charge in [0.05, 0.1) is 12.9 Å². The van der Waals surface area contributed by atoms with Crippen molar-refractivity contribution in [1.82, 2.24) is 19.5 Å². The minimum atomic E-state index is -5.54. The average molecular weight is 521 g/mol. The molecule has 0 aliphatic carbocycles. The van der Waals surface area contributed by atoms with E-state index in [1.165, 1.54) is 18.1 Å². The number of H-pyrrole nitrogens is 1. The molecular formula is C11H18N5O11P3S. The smallest absolute Gasteiger partial charge is 0.369 e. The molecule has 1 aliphatic rings. The summed E-state index contributed by atoms with van der Waals surface area (Å²) in [5, 5.41) is -0.277. The summed E-state index contributed by atoms with van der Waals surface area (Å²) in [7, 11) is -16.1. The van der Waals surface area contributed by atoms with E-state index in [0.717, 1.165) is 0 Å². The van der Waals surface area contributed by atoms with Crippen molar-refractivity contribution >= 4 is 52.3 Å². The van der Waals surface area contributed by atoms with Gasteiger partial charge in [0, 0.05) is 17.0 Å². The van der Waals surface area contributed by atoms with Gasteiger partial charge in [0.2, 0.25) is 5.95 Å². The Kier molecular flexibility index (Phi) is 7.16. The first-order valence-corrected chi connectivity index (χ1v) is 13.8. The Labute approximate surface area is 177 Å². The zero-order valence-corrected chi connectivity index (χ0v) is 18.9. The number of nitrogens with zero attached hydrogens (tertiary/aromatic N) is 3. The normalized spacial score (nSPS) is 23.6. The van der Waals surface area contributed by atoms with Gasteiger partial charge in [-0.1, -0.05) is 0 Å². The number of hydrogen-bond donors (Lipinski definition) is 6. The predicted molar refractivity (Wildman–Crippen MR) is 107 cm³/mol. The van der Waals surface area contributed by atoms with Crippen molar-refractivity contribution in [2.45, 2.75) is 29.9 Å². The molecule has 1 fully saturated rings. The quantitative estimate of drug-likeness (QED) is 0.243. The first-order valence-electron chi connectivity index (χ1n) is 8.37. The third-order valence-electron chi connectivity index (χ3n) is 3.93. The molecule has 0 radical (unpaired) electrons. The van der Waals surface area contributed by atoms with Crippen molar-refractivity contribution < 1.29 is 46.4 Å². The van der Waals surface area contributed by atoms with Gasteiger partial charge in [-0.15, -0.1) is 0 Å². The van der Waals surface area contributed by atoms with Crippen molar-refractivity contribution in [3.05, 3.63) is 16.7 Å². The van der Waals surface area contributed by atoms with Crippen LogP contribution in [0.2, 0.25) is 0 Å². The number of nitrogens with one attached hydrogen (secondary N) is 1. The number of imidazole rings is 1. The molecule has 0 spiro atoms. The van der Waals surface area contributed by atoms with E-state index in [1.807, 2.05) is 0 Å². The molecule has 2 aromatic rings. The lowest BCUT2D eigenvalue weighted by molar-refractivity contribution is 0.172. The van der Waals surface area contributed by atoms with Gasteiger partial charge in [-0.25, -0.2) is 18.7 Å². The van der Waals surface area contributed by atoms with E-state index >= 15 is 0 Å². The number of nitrogen functional groups attached to an aromatic ring is 1. The Morgan fingerprint density at radius 3 is 2.52 bits per heavy atom. The molecule has 16 nitrogen and oxygen atoms in total. The second kappa shape index (κ2) is 9.04. The van der Waals surface area contributed by atoms with Crippen molar-refractivity contribution in [2.75, 3.05) is 12.3 Å². The van der Waals surface area contributed by atoms with E-state index in [9.17, 15) is 23.4 Å². The number of thioether (sulfide) groups is 1. The summed E-state index contributed by atoms with van der Waals surface area (Å²) in [4.78, 5) is 57.9. The minimum Gasteiger partial charge on any atom is -0.369 e. The highest BCUT2D eigenvalue weighted by Gasteiger charge is 2.41. The molecule has 0 amide bonds. The fourth-order valence-corrected chi connectivity index (χ4v) is 7.49. The molecule has 3 heterocycles. The number of phosphoric acid groups is 3. The molecule has 20 heteroatoms. The number of nitrogens with two attached hydrogens (primary N) is 1. The van der Waals surface area contributed by atoms with Crippen LogP contribution in [0.15, 0.2) is 11.1 Å². The van der Waals surface area contributed by atoms with Crippen LogP contribution in [0.3, 0.4) is 0 Å². The number of rotatable bonds is 9. The summed E-state index contributed by atoms with van der Waals surface area (Å²) < 4.78 is 47.4. The lowest BCUT2D eigenvalue weighted by atomic mass is 10.2. The fourth-order valence-electron chi connectivity index (χ4n) is 2.84. The standard InChI is InChI=1S/C11H18N5O11P3S/c12-11-14-9-8(10(17)15-11)13-5-16(9)3-6-1-2-7(31-6)4-25-29(21,22)27-30(23,24)26-28(18,19)20/h5-7H,1-4H2,(H,21,22)(H,23,24)(H2,18,19,20)(H3,12,14,15,17)/t6-,7+/m1/s1. The second-order valence-electron chi connectivity index (χ2n) is 6.36. The van der Waals surface area contributed by atoms with Gasteiger partial charge in [0.15, 0.2) is 11.2 Å². The van der Waals surface area contributed by atoms with Crippen LogP contribution in [0.25, 0.3) is 11.2 Å². The van der Waals surface area contributed by atoms with Crippen LogP contribution in [0.4, 0.5) is 5.95 Å². The topological polar surface area (TPSA) is 249 Å². The van der Waals surface area contributed by atoms with Crippen molar-refractivity contribution in [2.24, 2.45) is 0 Å². The molecule has 174 valence electrons. The van der Waals surface area contributed by atoms with Gasteiger partial charge in [0.25, 0.3) is 5.56 Å². The first-order chi connectivity index (χ1) is 14.2. The number of phosphoric ester groups is 1. The van der Waals surface area contributed by atoms with Crippen LogP contribution >= 0.6 is 35.2 Å². The minimum absolute atomic E-state index is 0.00856. The monoisotopic (exact) mass is 521 g/mol. The maximum absolute atomic E-state index is 11.8. The molecule has 2 unspecified atom stereocenters. The molecule has 7 N–H and O–H groups in total. The van der Waals surface area contributed by atoms with Gasteiger partial charge >= 0.3 is 23.5 Å². The van der Waals surface area contributed by atoms with Gasteiger partial charge in [-0.3, -0.25) is 14.3 Å². The van der Waals surface area contributed by atoms with Crippen molar-refractivity contribution in [3.63, 3.8) is 0 Å². The molecule has 0 aromatic carbocycles. The van der Waals surface area contributed by atoms with E-state index in [2.05, 4.69) is 28.1 Å². The van der Waals surface area contributed by atoms with Gasteiger partial charge in [-0.2, -0.15) is 25.4 Å². The number of aromatic nitrogens is 4. The number of anilines is 1. The predicted octanol–water partition coefficient (Wildman–Crippen LogP) is 0.309. The fraction of sp³-hybridized carbons (Fsp3) is 0.545. The lowest BCUT2D eigenvalue weighted by Gasteiger charge is -2.18. The number of aromatic amines is 1. The second-order valence-corrected chi connectivity index (χ2v) is 12.4. The summed E-state index contributed by atoms with van der Waals surface area (Å²) in [5.41, 5.74) is 5.55. The highest BCUT2D eigenvalue weighted by atomic mass is 32.2. The molecule has 2 aromatic heterocycles. The van der Waals surface area contributed by atoms with E-state index in [0.29, 0.717) is 25.0 Å². The highest BCUT2D eigenvalue weighted by molar-refractivity contribution is 8.00. The molecular weight excluding hydrogens is 503 g/mol. The first kappa shape index (κ1) is 24.6. The van der Waals surface area contributed by atoms with E-state index < -0.39 is 29.0 Å². The van der Waals surface area contributed by atoms with Gasteiger partial charge in [-0.05, 0) is 12.8 Å². The third kappa shape index (κ3) is 6.94. The van der Waals surface area contributed by atoms with Crippen LogP contribution in [0.1, 0.15) is 12.8 Å². The highest BCUT2D eigenvalue weighted by Crippen LogP contribution is 2.66. The zero-order chi connectivity index (χ0) is 23.0. The molecule has 31 heavy (non-hydrogen) atoms. The summed E-state index contributed by atoms with van der Waals surface area (Å²) >= 11 is 1.40. The average Bonchev–Trinajstić information content (AvgIpc) is 3.18. The molecule has 0 bridgehead atoms. The number of fused-ring (bicyclic) bond motifs is 1. The van der Waals surface area contributed by atoms with E-state index in [1.54, 1.807) is 4.57 Å². The summed E-state index contributed by atoms with van der Waals surface area (Å²) in [6.07, 6.45) is 2.69. The van der Waals surface area contributed by atoms with Crippen LogP contribution < -0.4 is 11.3 Å². The maximum atomic E-state index is 11.8. The number of hydrogen-bond acceptors (Lipinski definition) is 11. The third-order valence-corrected chi connectivity index (χ3v) is 9.26. The molecule has 1 saturated heterocycles.